The second kappa shape index (κ2) is 8.17. The first-order chi connectivity index (χ1) is 14.7. The monoisotopic (exact) mass is 426 g/mol. The number of benzene rings is 1. The number of nitrogens with zero attached hydrogens (tertiary/aromatic N) is 2. The number of anilines is 2. The van der Waals surface area contributed by atoms with Crippen LogP contribution in [0.25, 0.3) is 0 Å². The summed E-state index contributed by atoms with van der Waals surface area (Å²) in [6, 6.07) is 7.30. The maximum Gasteiger partial charge on any atom is 0.325 e. The molecular weight excluding hydrogens is 392 g/mol. The SMILES string of the molecule is C[C@@H]1CC(C)(C)C[C@@]2(C1)NC(=O)N(CC(=O)Nc1ccc(N3CCCCC3)cc1)C2=O. The average molecular weight is 427 g/mol. The summed E-state index contributed by atoms with van der Waals surface area (Å²) >= 11 is 0. The van der Waals surface area contributed by atoms with Gasteiger partial charge < -0.3 is 15.5 Å². The Hall–Kier alpha value is -2.57. The molecule has 2 atom stereocenters. The highest BCUT2D eigenvalue weighted by Gasteiger charge is 2.56. The molecule has 1 aromatic carbocycles. The number of nitrogens with one attached hydrogen (secondary N) is 2. The van der Waals surface area contributed by atoms with E-state index < -0.39 is 11.6 Å². The molecule has 2 N–H and O–H groups in total. The fraction of sp³-hybridized carbons (Fsp3) is 0.625. The number of carbonyl (C=O) groups excluding carboxylic acids is 3. The second-order valence-corrected chi connectivity index (χ2v) is 10.4. The lowest BCUT2D eigenvalue weighted by Crippen LogP contribution is -2.54. The molecule has 1 aliphatic carbocycles. The zero-order chi connectivity index (χ0) is 22.2. The Morgan fingerprint density at radius 1 is 1.10 bits per heavy atom. The lowest BCUT2D eigenvalue weighted by molar-refractivity contribution is -0.136. The molecule has 1 aromatic rings. The molecule has 4 amide bonds. The van der Waals surface area contributed by atoms with Crippen molar-refractivity contribution in [3.8, 4) is 0 Å². The zero-order valence-electron chi connectivity index (χ0n) is 18.9. The number of rotatable bonds is 4. The van der Waals surface area contributed by atoms with E-state index in [9.17, 15) is 14.4 Å². The molecule has 0 radical (unpaired) electrons. The van der Waals surface area contributed by atoms with E-state index in [1.165, 1.54) is 19.3 Å². The lowest BCUT2D eigenvalue weighted by atomic mass is 9.64. The number of amides is 4. The van der Waals surface area contributed by atoms with Crippen molar-refractivity contribution in [1.29, 1.82) is 0 Å². The van der Waals surface area contributed by atoms with Gasteiger partial charge in [-0.3, -0.25) is 14.5 Å². The molecule has 0 aromatic heterocycles. The maximum atomic E-state index is 13.2. The highest BCUT2D eigenvalue weighted by molar-refractivity contribution is 6.10. The molecular formula is C24H34N4O3. The Bertz CT molecular complexity index is 860. The van der Waals surface area contributed by atoms with Gasteiger partial charge in [-0.25, -0.2) is 4.79 Å². The first-order valence-electron chi connectivity index (χ1n) is 11.5. The van der Waals surface area contributed by atoms with Crippen molar-refractivity contribution in [1.82, 2.24) is 10.2 Å². The summed E-state index contributed by atoms with van der Waals surface area (Å²) in [6.07, 6.45) is 5.95. The van der Waals surface area contributed by atoms with Gasteiger partial charge >= 0.3 is 6.03 Å². The van der Waals surface area contributed by atoms with Gasteiger partial charge in [0.2, 0.25) is 5.91 Å². The summed E-state index contributed by atoms with van der Waals surface area (Å²) in [5, 5.41) is 5.75. The van der Waals surface area contributed by atoms with Gasteiger partial charge in [-0.1, -0.05) is 20.8 Å². The molecule has 3 fully saturated rings. The Kier molecular flexibility index (Phi) is 5.71. The highest BCUT2D eigenvalue weighted by Crippen LogP contribution is 2.46. The van der Waals surface area contributed by atoms with Crippen LogP contribution < -0.4 is 15.5 Å². The summed E-state index contributed by atoms with van der Waals surface area (Å²) in [4.78, 5) is 41.8. The molecule has 4 rings (SSSR count). The third-order valence-corrected chi connectivity index (χ3v) is 6.80. The average Bonchev–Trinajstić information content (AvgIpc) is 2.91. The van der Waals surface area contributed by atoms with E-state index in [1.807, 2.05) is 24.3 Å². The second-order valence-electron chi connectivity index (χ2n) is 10.4. The van der Waals surface area contributed by atoms with Crippen LogP contribution in [0, 0.1) is 11.3 Å². The summed E-state index contributed by atoms with van der Waals surface area (Å²) in [6.45, 7) is 8.24. The van der Waals surface area contributed by atoms with Gasteiger partial charge in [0.25, 0.3) is 5.91 Å². The van der Waals surface area contributed by atoms with Crippen molar-refractivity contribution < 1.29 is 14.4 Å². The Morgan fingerprint density at radius 2 is 1.77 bits per heavy atom. The summed E-state index contributed by atoms with van der Waals surface area (Å²) in [5.74, 6) is -0.303. The molecule has 2 heterocycles. The van der Waals surface area contributed by atoms with Crippen LogP contribution in [0.1, 0.15) is 59.3 Å². The fourth-order valence-electron chi connectivity index (χ4n) is 5.90. The van der Waals surface area contributed by atoms with Gasteiger partial charge in [0, 0.05) is 24.5 Å². The minimum absolute atomic E-state index is 0.0328. The predicted molar refractivity (Wildman–Crippen MR) is 121 cm³/mol. The molecule has 1 saturated carbocycles. The normalized spacial score (nSPS) is 28.0. The minimum atomic E-state index is -0.880. The molecule has 168 valence electrons. The molecule has 7 heteroatoms. The molecule has 2 saturated heterocycles. The van der Waals surface area contributed by atoms with E-state index in [-0.39, 0.29) is 23.8 Å². The number of urea groups is 1. The third-order valence-electron chi connectivity index (χ3n) is 6.80. The van der Waals surface area contributed by atoms with Crippen LogP contribution in [0.4, 0.5) is 16.2 Å². The topological polar surface area (TPSA) is 81.8 Å². The minimum Gasteiger partial charge on any atom is -0.372 e. The largest absolute Gasteiger partial charge is 0.372 e. The zero-order valence-corrected chi connectivity index (χ0v) is 18.9. The van der Waals surface area contributed by atoms with Gasteiger partial charge in [-0.2, -0.15) is 0 Å². The van der Waals surface area contributed by atoms with Crippen molar-refractivity contribution >= 4 is 29.2 Å². The summed E-state index contributed by atoms with van der Waals surface area (Å²) in [7, 11) is 0. The molecule has 31 heavy (non-hydrogen) atoms. The predicted octanol–water partition coefficient (Wildman–Crippen LogP) is 3.75. The van der Waals surface area contributed by atoms with E-state index in [4.69, 9.17) is 0 Å². The van der Waals surface area contributed by atoms with Crippen LogP contribution in [-0.4, -0.2) is 47.9 Å². The standard InChI is InChI=1S/C24H34N4O3/c1-17-13-23(2,3)16-24(14-17)21(30)28(22(31)26-24)15-20(29)25-18-7-9-19(10-8-18)27-11-5-4-6-12-27/h7-10,17H,4-6,11-16H2,1-3H3,(H,25,29)(H,26,31)/t17-,24-/m1/s1. The van der Waals surface area contributed by atoms with Crippen molar-refractivity contribution in [2.24, 2.45) is 11.3 Å². The molecule has 0 unspecified atom stereocenters. The van der Waals surface area contributed by atoms with Crippen LogP contribution >= 0.6 is 0 Å². The molecule has 1 spiro atoms. The number of piperidine rings is 1. The van der Waals surface area contributed by atoms with Crippen LogP contribution in [-0.2, 0) is 9.59 Å². The van der Waals surface area contributed by atoms with E-state index in [0.29, 0.717) is 24.4 Å². The highest BCUT2D eigenvalue weighted by atomic mass is 16.2. The van der Waals surface area contributed by atoms with Crippen LogP contribution in [0.5, 0.6) is 0 Å². The van der Waals surface area contributed by atoms with Crippen LogP contribution in [0.2, 0.25) is 0 Å². The number of hydrogen-bond acceptors (Lipinski definition) is 4. The Morgan fingerprint density at radius 3 is 2.42 bits per heavy atom. The van der Waals surface area contributed by atoms with Crippen molar-refractivity contribution in [2.45, 2.75) is 64.8 Å². The fourth-order valence-corrected chi connectivity index (χ4v) is 5.90. The van der Waals surface area contributed by atoms with Crippen LogP contribution in [0.3, 0.4) is 0 Å². The van der Waals surface area contributed by atoms with Gasteiger partial charge in [0.1, 0.15) is 12.1 Å². The van der Waals surface area contributed by atoms with Crippen molar-refractivity contribution in [2.75, 3.05) is 29.9 Å². The van der Waals surface area contributed by atoms with E-state index in [0.717, 1.165) is 30.1 Å². The number of imide groups is 1. The number of hydrogen-bond donors (Lipinski definition) is 2. The van der Waals surface area contributed by atoms with E-state index >= 15 is 0 Å². The van der Waals surface area contributed by atoms with Gasteiger partial charge in [-0.05, 0) is 74.1 Å². The first-order valence-corrected chi connectivity index (χ1v) is 11.5. The third kappa shape index (κ3) is 4.55. The molecule has 7 nitrogen and oxygen atoms in total. The molecule has 2 aliphatic heterocycles. The van der Waals surface area contributed by atoms with Gasteiger partial charge in [0.15, 0.2) is 0 Å². The quantitative estimate of drug-likeness (QED) is 0.719. The van der Waals surface area contributed by atoms with Crippen molar-refractivity contribution in [3.05, 3.63) is 24.3 Å². The molecule has 3 aliphatic rings. The summed E-state index contributed by atoms with van der Waals surface area (Å²) in [5.41, 5.74) is 0.909. The van der Waals surface area contributed by atoms with Gasteiger partial charge in [-0.15, -0.1) is 0 Å². The smallest absolute Gasteiger partial charge is 0.325 e. The van der Waals surface area contributed by atoms with E-state index in [2.05, 4.69) is 36.3 Å². The van der Waals surface area contributed by atoms with Crippen molar-refractivity contribution in [3.63, 3.8) is 0 Å². The van der Waals surface area contributed by atoms with Crippen LogP contribution in [0.15, 0.2) is 24.3 Å². The summed E-state index contributed by atoms with van der Waals surface area (Å²) < 4.78 is 0. The first kappa shape index (κ1) is 21.7. The Labute approximate surface area is 184 Å². The molecule has 0 bridgehead atoms. The van der Waals surface area contributed by atoms with E-state index in [1.54, 1.807) is 0 Å². The van der Waals surface area contributed by atoms with Gasteiger partial charge in [0.05, 0.1) is 0 Å². The lowest BCUT2D eigenvalue weighted by Gasteiger charge is -2.43. The number of carbonyl (C=O) groups is 3. The maximum absolute atomic E-state index is 13.2. The Balaban J connectivity index is 1.38.